The molecule has 0 aliphatic heterocycles. The predicted octanol–water partition coefficient (Wildman–Crippen LogP) is 1.71. The summed E-state index contributed by atoms with van der Waals surface area (Å²) in [5.41, 5.74) is 6.50. The number of ether oxygens (including phenoxy) is 1. The van der Waals surface area contributed by atoms with Crippen LogP contribution in [0.25, 0.3) is 0 Å². The maximum absolute atomic E-state index is 13.8. The number of rotatable bonds is 6. The van der Waals surface area contributed by atoms with Crippen LogP contribution >= 0.6 is 0 Å². The van der Waals surface area contributed by atoms with Crippen molar-refractivity contribution in [1.82, 2.24) is 4.90 Å². The molecule has 1 aliphatic rings. The van der Waals surface area contributed by atoms with Gasteiger partial charge >= 0.3 is 0 Å². The average Bonchev–Trinajstić information content (AvgIpc) is 3.20. The van der Waals surface area contributed by atoms with Gasteiger partial charge in [-0.1, -0.05) is 6.07 Å². The number of carbonyl (C=O) groups is 1. The highest BCUT2D eigenvalue weighted by Gasteiger charge is 2.29. The highest BCUT2D eigenvalue weighted by molar-refractivity contribution is 5.78. The van der Waals surface area contributed by atoms with E-state index in [2.05, 4.69) is 0 Å². The van der Waals surface area contributed by atoms with Crippen molar-refractivity contribution in [3.63, 3.8) is 0 Å². The lowest BCUT2D eigenvalue weighted by molar-refractivity contribution is -0.132. The molecule has 1 fully saturated rings. The summed E-state index contributed by atoms with van der Waals surface area (Å²) in [5, 5.41) is 0. The lowest BCUT2D eigenvalue weighted by Gasteiger charge is -2.16. The SMILES string of the molecule is CC(N)Cc1ccc(OCC(=O)N(C)C2CC2)c(F)c1. The van der Waals surface area contributed by atoms with E-state index >= 15 is 0 Å². The summed E-state index contributed by atoms with van der Waals surface area (Å²) in [6.45, 7) is 1.74. The van der Waals surface area contributed by atoms with Gasteiger partial charge < -0.3 is 15.4 Å². The Bertz CT molecular complexity index is 487. The topological polar surface area (TPSA) is 55.6 Å². The molecule has 1 amide bonds. The first-order valence-electron chi connectivity index (χ1n) is 6.90. The number of amides is 1. The van der Waals surface area contributed by atoms with E-state index in [-0.39, 0.29) is 24.3 Å². The van der Waals surface area contributed by atoms with Crippen molar-refractivity contribution >= 4 is 5.91 Å². The number of carbonyl (C=O) groups excluding carboxylic acids is 1. The van der Waals surface area contributed by atoms with Crippen LogP contribution in [0.3, 0.4) is 0 Å². The fourth-order valence-electron chi connectivity index (χ4n) is 2.07. The Morgan fingerprint density at radius 1 is 1.55 bits per heavy atom. The Balaban J connectivity index is 1.90. The van der Waals surface area contributed by atoms with Crippen molar-refractivity contribution < 1.29 is 13.9 Å². The van der Waals surface area contributed by atoms with E-state index in [1.54, 1.807) is 24.1 Å². The van der Waals surface area contributed by atoms with Crippen LogP contribution in [0.2, 0.25) is 0 Å². The standard InChI is InChI=1S/C15H21FN2O2/c1-10(17)7-11-3-6-14(13(16)8-11)20-9-15(19)18(2)12-4-5-12/h3,6,8,10,12H,4-5,7,9,17H2,1-2H3. The molecule has 0 radical (unpaired) electrons. The van der Waals surface area contributed by atoms with Gasteiger partial charge in [0.05, 0.1) is 0 Å². The number of nitrogens with zero attached hydrogens (tertiary/aromatic N) is 1. The minimum absolute atomic E-state index is 0.0186. The van der Waals surface area contributed by atoms with Crippen LogP contribution in [0.5, 0.6) is 5.75 Å². The van der Waals surface area contributed by atoms with Gasteiger partial charge in [0.15, 0.2) is 18.2 Å². The van der Waals surface area contributed by atoms with Gasteiger partial charge in [0, 0.05) is 19.1 Å². The average molecular weight is 280 g/mol. The molecule has 1 unspecified atom stereocenters. The summed E-state index contributed by atoms with van der Waals surface area (Å²) in [7, 11) is 1.76. The van der Waals surface area contributed by atoms with Gasteiger partial charge in [-0.2, -0.15) is 0 Å². The zero-order valence-electron chi connectivity index (χ0n) is 11.9. The van der Waals surface area contributed by atoms with E-state index < -0.39 is 5.82 Å². The van der Waals surface area contributed by atoms with Crippen molar-refractivity contribution in [2.24, 2.45) is 5.73 Å². The molecule has 110 valence electrons. The van der Waals surface area contributed by atoms with Crippen molar-refractivity contribution in [1.29, 1.82) is 0 Å². The fraction of sp³-hybridized carbons (Fsp3) is 0.533. The second-order valence-corrected chi connectivity index (χ2v) is 5.47. The smallest absolute Gasteiger partial charge is 0.260 e. The fourth-order valence-corrected chi connectivity index (χ4v) is 2.07. The highest BCUT2D eigenvalue weighted by atomic mass is 19.1. The quantitative estimate of drug-likeness (QED) is 0.863. The lowest BCUT2D eigenvalue weighted by Crippen LogP contribution is -2.33. The number of halogens is 1. The van der Waals surface area contributed by atoms with Crippen LogP contribution in [0.1, 0.15) is 25.3 Å². The molecule has 1 atom stereocenters. The Labute approximate surface area is 118 Å². The summed E-state index contributed by atoms with van der Waals surface area (Å²) in [6, 6.07) is 5.06. The van der Waals surface area contributed by atoms with Gasteiger partial charge in [0.1, 0.15) is 0 Å². The molecule has 0 heterocycles. The number of benzene rings is 1. The van der Waals surface area contributed by atoms with Crippen LogP contribution in [0.15, 0.2) is 18.2 Å². The molecule has 20 heavy (non-hydrogen) atoms. The summed E-state index contributed by atoms with van der Waals surface area (Å²) < 4.78 is 19.1. The summed E-state index contributed by atoms with van der Waals surface area (Å²) >= 11 is 0. The van der Waals surface area contributed by atoms with Crippen molar-refractivity contribution in [2.45, 2.75) is 38.3 Å². The molecule has 1 aromatic rings. The van der Waals surface area contributed by atoms with Gasteiger partial charge in [-0.05, 0) is 43.9 Å². The van der Waals surface area contributed by atoms with Crippen molar-refractivity contribution in [2.75, 3.05) is 13.7 Å². The van der Waals surface area contributed by atoms with Gasteiger partial charge in [-0.3, -0.25) is 4.79 Å². The first kappa shape index (κ1) is 14.8. The van der Waals surface area contributed by atoms with E-state index in [1.807, 2.05) is 6.92 Å². The van der Waals surface area contributed by atoms with E-state index in [9.17, 15) is 9.18 Å². The molecular weight excluding hydrogens is 259 g/mol. The monoisotopic (exact) mass is 280 g/mol. The second-order valence-electron chi connectivity index (χ2n) is 5.47. The van der Waals surface area contributed by atoms with E-state index in [4.69, 9.17) is 10.5 Å². The van der Waals surface area contributed by atoms with Crippen LogP contribution in [-0.2, 0) is 11.2 Å². The third-order valence-electron chi connectivity index (χ3n) is 3.39. The number of hydrogen-bond acceptors (Lipinski definition) is 3. The second kappa shape index (κ2) is 6.22. The molecule has 5 heteroatoms. The molecule has 2 rings (SSSR count). The zero-order valence-corrected chi connectivity index (χ0v) is 11.9. The molecule has 0 saturated heterocycles. The molecular formula is C15H21FN2O2. The summed E-state index contributed by atoms with van der Waals surface area (Å²) in [5.74, 6) is -0.465. The minimum Gasteiger partial charge on any atom is -0.481 e. The van der Waals surface area contributed by atoms with Crippen LogP contribution < -0.4 is 10.5 Å². The van der Waals surface area contributed by atoms with Crippen molar-refractivity contribution in [3.8, 4) is 5.75 Å². The van der Waals surface area contributed by atoms with E-state index in [0.29, 0.717) is 12.5 Å². The first-order chi connectivity index (χ1) is 9.47. The third kappa shape index (κ3) is 3.93. The van der Waals surface area contributed by atoms with Gasteiger partial charge in [-0.25, -0.2) is 4.39 Å². The van der Waals surface area contributed by atoms with Crippen molar-refractivity contribution in [3.05, 3.63) is 29.6 Å². The Kier molecular flexibility index (Phi) is 4.60. The molecule has 0 spiro atoms. The molecule has 1 aromatic carbocycles. The zero-order chi connectivity index (χ0) is 14.7. The normalized spacial score (nSPS) is 15.8. The van der Waals surface area contributed by atoms with Gasteiger partial charge in [0.25, 0.3) is 5.91 Å². The number of likely N-dealkylation sites (N-methyl/N-ethyl adjacent to an activating group) is 1. The molecule has 4 nitrogen and oxygen atoms in total. The molecule has 2 N–H and O–H groups in total. The largest absolute Gasteiger partial charge is 0.481 e. The van der Waals surface area contributed by atoms with E-state index in [1.165, 1.54) is 6.07 Å². The highest BCUT2D eigenvalue weighted by Crippen LogP contribution is 2.25. The molecule has 0 aromatic heterocycles. The Hall–Kier alpha value is -1.62. The lowest BCUT2D eigenvalue weighted by atomic mass is 10.1. The Morgan fingerprint density at radius 2 is 2.25 bits per heavy atom. The molecule has 1 saturated carbocycles. The summed E-state index contributed by atoms with van der Waals surface area (Å²) in [4.78, 5) is 13.5. The van der Waals surface area contributed by atoms with Crippen LogP contribution in [0.4, 0.5) is 4.39 Å². The number of nitrogens with two attached hydrogens (primary N) is 1. The van der Waals surface area contributed by atoms with Crippen LogP contribution in [-0.4, -0.2) is 36.5 Å². The maximum Gasteiger partial charge on any atom is 0.260 e. The molecule has 1 aliphatic carbocycles. The summed E-state index contributed by atoms with van der Waals surface area (Å²) in [6.07, 6.45) is 2.70. The van der Waals surface area contributed by atoms with Gasteiger partial charge in [-0.15, -0.1) is 0 Å². The Morgan fingerprint density at radius 3 is 2.80 bits per heavy atom. The third-order valence-corrected chi connectivity index (χ3v) is 3.39. The van der Waals surface area contributed by atoms with Gasteiger partial charge in [0.2, 0.25) is 0 Å². The molecule has 0 bridgehead atoms. The minimum atomic E-state index is -0.454. The number of hydrogen-bond donors (Lipinski definition) is 1. The van der Waals surface area contributed by atoms with E-state index in [0.717, 1.165) is 18.4 Å². The first-order valence-corrected chi connectivity index (χ1v) is 6.90. The maximum atomic E-state index is 13.8. The predicted molar refractivity (Wildman–Crippen MR) is 75.0 cm³/mol. The van der Waals surface area contributed by atoms with Crippen LogP contribution in [0, 0.1) is 5.82 Å².